The molecule has 0 aromatic heterocycles. The molecule has 0 spiro atoms. The van der Waals surface area contributed by atoms with E-state index in [1.165, 1.54) is 0 Å². The van der Waals surface area contributed by atoms with Crippen molar-refractivity contribution in [3.63, 3.8) is 0 Å². The number of hydrogen-bond acceptors (Lipinski definition) is 3. The van der Waals surface area contributed by atoms with Crippen LogP contribution in [0.5, 0.6) is 0 Å². The highest BCUT2D eigenvalue weighted by Crippen LogP contribution is 2.29. The van der Waals surface area contributed by atoms with Crippen LogP contribution in [-0.2, 0) is 10.0 Å². The number of nitrogens with one attached hydrogen (secondary N) is 1. The minimum absolute atomic E-state index is 0.0219. The van der Waals surface area contributed by atoms with Crippen molar-refractivity contribution in [1.82, 2.24) is 4.72 Å². The van der Waals surface area contributed by atoms with Crippen molar-refractivity contribution < 1.29 is 8.42 Å². The number of halogens is 1. The van der Waals surface area contributed by atoms with Gasteiger partial charge in [0.1, 0.15) is 0 Å². The molecule has 98 valence electrons. The zero-order chi connectivity index (χ0) is 12.7. The Labute approximate surface area is 109 Å². The first kappa shape index (κ1) is 16.6. The molecule has 0 aliphatic heterocycles. The Morgan fingerprint density at radius 1 is 1.31 bits per heavy atom. The second-order valence-electron chi connectivity index (χ2n) is 3.78. The van der Waals surface area contributed by atoms with Crippen LogP contribution in [0.1, 0.15) is 33.1 Å². The fraction of sp³-hybridized carbons (Fsp3) is 1.00. The van der Waals surface area contributed by atoms with Crippen molar-refractivity contribution >= 4 is 33.4 Å². The highest BCUT2D eigenvalue weighted by atomic mass is 35.5. The maximum atomic E-state index is 11.6. The lowest BCUT2D eigenvalue weighted by Gasteiger charge is -2.29. The summed E-state index contributed by atoms with van der Waals surface area (Å²) in [4.78, 5) is 0. The minimum atomic E-state index is -3.15. The molecule has 0 bridgehead atoms. The second kappa shape index (κ2) is 7.80. The molecule has 0 fully saturated rings. The molecule has 0 heterocycles. The van der Waals surface area contributed by atoms with Crippen molar-refractivity contribution in [2.24, 2.45) is 0 Å². The third-order valence-corrected chi connectivity index (χ3v) is 6.15. The van der Waals surface area contributed by atoms with Crippen LogP contribution in [-0.4, -0.2) is 37.6 Å². The van der Waals surface area contributed by atoms with Gasteiger partial charge in [0, 0.05) is 17.2 Å². The molecule has 16 heavy (non-hydrogen) atoms. The molecule has 6 heteroatoms. The van der Waals surface area contributed by atoms with Gasteiger partial charge in [-0.05, 0) is 25.5 Å². The Morgan fingerprint density at radius 3 is 2.25 bits per heavy atom. The predicted molar refractivity (Wildman–Crippen MR) is 74.0 cm³/mol. The molecule has 0 saturated heterocycles. The van der Waals surface area contributed by atoms with Crippen LogP contribution < -0.4 is 4.72 Å². The second-order valence-corrected chi connectivity index (χ2v) is 7.36. The van der Waals surface area contributed by atoms with E-state index in [4.69, 9.17) is 11.6 Å². The van der Waals surface area contributed by atoms with Crippen LogP contribution in [0.4, 0.5) is 0 Å². The molecule has 1 N–H and O–H groups in total. The molecule has 0 radical (unpaired) electrons. The summed E-state index contributed by atoms with van der Waals surface area (Å²) in [6, 6.07) is 0. The first-order valence-corrected chi connectivity index (χ1v) is 8.95. The van der Waals surface area contributed by atoms with Crippen LogP contribution in [0, 0.1) is 0 Å². The molecule has 0 saturated carbocycles. The van der Waals surface area contributed by atoms with Crippen LogP contribution in [0.2, 0.25) is 0 Å². The average molecular weight is 288 g/mol. The summed E-state index contributed by atoms with van der Waals surface area (Å²) in [6.45, 7) is 4.69. The van der Waals surface area contributed by atoms with Gasteiger partial charge in [0.25, 0.3) is 0 Å². The number of thioether (sulfide) groups is 1. The fourth-order valence-corrected chi connectivity index (χ4v) is 3.76. The average Bonchev–Trinajstić information content (AvgIpc) is 2.29. The van der Waals surface area contributed by atoms with E-state index in [1.54, 1.807) is 11.8 Å². The van der Waals surface area contributed by atoms with Gasteiger partial charge in [-0.15, -0.1) is 11.6 Å². The molecule has 0 aliphatic rings. The van der Waals surface area contributed by atoms with Gasteiger partial charge < -0.3 is 0 Å². The zero-order valence-electron chi connectivity index (χ0n) is 10.3. The van der Waals surface area contributed by atoms with E-state index >= 15 is 0 Å². The van der Waals surface area contributed by atoms with Crippen molar-refractivity contribution in [2.45, 2.75) is 37.9 Å². The zero-order valence-corrected chi connectivity index (χ0v) is 12.6. The summed E-state index contributed by atoms with van der Waals surface area (Å²) in [5.74, 6) is 0.504. The maximum Gasteiger partial charge on any atom is 0.211 e. The summed E-state index contributed by atoms with van der Waals surface area (Å²) < 4.78 is 25.9. The Morgan fingerprint density at radius 2 is 1.88 bits per heavy atom. The lowest BCUT2D eigenvalue weighted by atomic mass is 10.0. The summed E-state index contributed by atoms with van der Waals surface area (Å²) in [5, 5.41) is 0. The van der Waals surface area contributed by atoms with Crippen molar-refractivity contribution in [3.05, 3.63) is 0 Å². The van der Waals surface area contributed by atoms with Crippen LogP contribution >= 0.6 is 23.4 Å². The van der Waals surface area contributed by atoms with E-state index in [0.29, 0.717) is 18.8 Å². The number of alkyl halides is 1. The van der Waals surface area contributed by atoms with Gasteiger partial charge in [-0.2, -0.15) is 11.8 Å². The van der Waals surface area contributed by atoms with Crippen molar-refractivity contribution in [2.75, 3.05) is 24.4 Å². The van der Waals surface area contributed by atoms with E-state index < -0.39 is 10.0 Å². The summed E-state index contributed by atoms with van der Waals surface area (Å²) in [5.41, 5.74) is 0. The van der Waals surface area contributed by atoms with E-state index in [0.717, 1.165) is 12.8 Å². The van der Waals surface area contributed by atoms with E-state index in [1.807, 2.05) is 6.26 Å². The Hall–Kier alpha value is 0.550. The first-order valence-electron chi connectivity index (χ1n) is 5.53. The Kier molecular flexibility index (Phi) is 8.06. The standard InChI is InChI=1S/C10H22ClNO2S2/c1-4-10(5-2,15-3)9-12-16(13,14)8-6-7-11/h12H,4-9H2,1-3H3. The monoisotopic (exact) mass is 287 g/mol. The quantitative estimate of drug-likeness (QED) is 0.663. The number of hydrogen-bond donors (Lipinski definition) is 1. The smallest absolute Gasteiger partial charge is 0.211 e. The van der Waals surface area contributed by atoms with Gasteiger partial charge in [0.2, 0.25) is 10.0 Å². The van der Waals surface area contributed by atoms with E-state index in [2.05, 4.69) is 18.6 Å². The van der Waals surface area contributed by atoms with Gasteiger partial charge in [0.05, 0.1) is 5.75 Å². The van der Waals surface area contributed by atoms with Crippen LogP contribution in [0.25, 0.3) is 0 Å². The molecule has 0 unspecified atom stereocenters. The fourth-order valence-electron chi connectivity index (χ4n) is 1.42. The molecular weight excluding hydrogens is 266 g/mol. The predicted octanol–water partition coefficient (Wildman–Crippen LogP) is 2.46. The lowest BCUT2D eigenvalue weighted by molar-refractivity contribution is 0.521. The topological polar surface area (TPSA) is 46.2 Å². The molecule has 0 amide bonds. The number of rotatable bonds is 9. The van der Waals surface area contributed by atoms with Gasteiger partial charge in [-0.1, -0.05) is 13.8 Å². The van der Waals surface area contributed by atoms with E-state index in [-0.39, 0.29) is 10.5 Å². The minimum Gasteiger partial charge on any atom is -0.214 e. The van der Waals surface area contributed by atoms with E-state index in [9.17, 15) is 8.42 Å². The Bertz CT molecular complexity index is 268. The van der Waals surface area contributed by atoms with Crippen molar-refractivity contribution in [3.8, 4) is 0 Å². The first-order chi connectivity index (χ1) is 7.45. The summed E-state index contributed by atoms with van der Waals surface area (Å²) in [7, 11) is -3.15. The normalized spacial score (nSPS) is 13.0. The lowest BCUT2D eigenvalue weighted by Crippen LogP contribution is -2.40. The Balaban J connectivity index is 4.30. The molecule has 3 nitrogen and oxygen atoms in total. The molecule has 0 rings (SSSR count). The third-order valence-electron chi connectivity index (χ3n) is 2.88. The largest absolute Gasteiger partial charge is 0.214 e. The van der Waals surface area contributed by atoms with Gasteiger partial charge >= 0.3 is 0 Å². The van der Waals surface area contributed by atoms with Gasteiger partial charge in [0.15, 0.2) is 0 Å². The van der Waals surface area contributed by atoms with Gasteiger partial charge in [-0.25, -0.2) is 13.1 Å². The van der Waals surface area contributed by atoms with Gasteiger partial charge in [-0.3, -0.25) is 0 Å². The molecule has 0 atom stereocenters. The van der Waals surface area contributed by atoms with Crippen LogP contribution in [0.3, 0.4) is 0 Å². The summed E-state index contributed by atoms with van der Waals surface area (Å²) >= 11 is 7.21. The van der Waals surface area contributed by atoms with Crippen molar-refractivity contribution in [1.29, 1.82) is 0 Å². The summed E-state index contributed by atoms with van der Waals surface area (Å²) in [6.07, 6.45) is 4.45. The third kappa shape index (κ3) is 5.75. The van der Waals surface area contributed by atoms with Crippen LogP contribution in [0.15, 0.2) is 0 Å². The maximum absolute atomic E-state index is 11.6. The highest BCUT2D eigenvalue weighted by molar-refractivity contribution is 8.00. The highest BCUT2D eigenvalue weighted by Gasteiger charge is 2.26. The molecule has 0 aromatic carbocycles. The molecule has 0 aliphatic carbocycles. The molecule has 0 aromatic rings. The molecular formula is C10H22ClNO2S2. The number of sulfonamides is 1. The SMILES string of the molecule is CCC(CC)(CNS(=O)(=O)CCCCl)SC.